The second-order valence-corrected chi connectivity index (χ2v) is 6.28. The molecule has 1 atom stereocenters. The summed E-state index contributed by atoms with van der Waals surface area (Å²) >= 11 is 0. The fraction of sp³-hybridized carbons (Fsp3) is 0.900. The second kappa shape index (κ2) is 8.59. The van der Waals surface area contributed by atoms with E-state index in [-0.39, 0.29) is 0 Å². The first-order chi connectivity index (χ1) is 8.01. The molecule has 17 heavy (non-hydrogen) atoms. The molecule has 0 rings (SSSR count). The zero-order valence-electron chi connectivity index (χ0n) is 10.9. The fourth-order valence-electron chi connectivity index (χ4n) is 1.40. The zero-order valence-corrected chi connectivity index (χ0v) is 11.9. The van der Waals surface area contributed by atoms with Gasteiger partial charge in [0.15, 0.2) is 0 Å². The maximum Gasteiger partial charge on any atom is 0.501 e. The molecule has 1 unspecified atom stereocenters. The van der Waals surface area contributed by atoms with Gasteiger partial charge in [-0.3, -0.25) is 4.79 Å². The van der Waals surface area contributed by atoms with Gasteiger partial charge in [-0.1, -0.05) is 0 Å². The number of amides is 1. The summed E-state index contributed by atoms with van der Waals surface area (Å²) in [7, 11) is -2.82. The normalized spacial score (nSPS) is 13.6. The molecule has 0 aromatic heterocycles. The lowest BCUT2D eigenvalue weighted by Gasteiger charge is -2.30. The van der Waals surface area contributed by atoms with Gasteiger partial charge in [0.1, 0.15) is 6.10 Å². The predicted molar refractivity (Wildman–Crippen MR) is 67.2 cm³/mol. The van der Waals surface area contributed by atoms with Crippen molar-refractivity contribution in [3.8, 4) is 0 Å². The lowest BCUT2D eigenvalue weighted by atomic mass is 10.4. The average molecular weight is 264 g/mol. The molecule has 102 valence electrons. The number of hydrogen-bond acceptors (Lipinski definition) is 5. The zero-order chi connectivity index (χ0) is 13.3. The molecule has 0 bridgehead atoms. The third kappa shape index (κ3) is 6.13. The minimum atomic E-state index is -2.82. The van der Waals surface area contributed by atoms with Crippen LogP contribution in [0.5, 0.6) is 0 Å². The molecule has 0 heterocycles. The number of rotatable bonds is 10. The molecule has 0 aliphatic rings. The first kappa shape index (κ1) is 16.5. The summed E-state index contributed by atoms with van der Waals surface area (Å²) in [5, 5.41) is 0. The van der Waals surface area contributed by atoms with Crippen molar-refractivity contribution in [1.82, 2.24) is 0 Å². The van der Waals surface area contributed by atoms with E-state index in [4.69, 9.17) is 24.7 Å². The minimum Gasteiger partial charge on any atom is -0.374 e. The maximum atomic E-state index is 11.0. The molecule has 0 spiro atoms. The first-order valence-corrected chi connectivity index (χ1v) is 7.89. The van der Waals surface area contributed by atoms with Crippen LogP contribution in [0.25, 0.3) is 0 Å². The van der Waals surface area contributed by atoms with Crippen molar-refractivity contribution in [2.75, 3.05) is 19.8 Å². The molecule has 0 aromatic rings. The number of primary amides is 1. The summed E-state index contributed by atoms with van der Waals surface area (Å²) in [5.74, 6) is -0.519. The van der Waals surface area contributed by atoms with Gasteiger partial charge in [0.05, 0.1) is 0 Å². The molecular formula is C10H24N2O4Si. The van der Waals surface area contributed by atoms with Gasteiger partial charge in [-0.05, 0) is 33.7 Å². The van der Waals surface area contributed by atoms with E-state index in [9.17, 15) is 4.79 Å². The predicted octanol–water partition coefficient (Wildman–Crippen LogP) is 0.238. The Bertz CT molecular complexity index is 222. The smallest absolute Gasteiger partial charge is 0.374 e. The molecule has 6 nitrogen and oxygen atoms in total. The first-order valence-electron chi connectivity index (χ1n) is 5.96. The van der Waals surface area contributed by atoms with Gasteiger partial charge in [-0.15, -0.1) is 0 Å². The Morgan fingerprint density at radius 3 is 2.18 bits per heavy atom. The fourth-order valence-corrected chi connectivity index (χ4v) is 4.20. The van der Waals surface area contributed by atoms with E-state index in [0.29, 0.717) is 25.8 Å². The Balaban J connectivity index is 4.67. The summed E-state index contributed by atoms with van der Waals surface area (Å²) in [6, 6.07) is 0.600. The molecule has 4 N–H and O–H groups in total. The van der Waals surface area contributed by atoms with E-state index in [1.165, 1.54) is 0 Å². The van der Waals surface area contributed by atoms with Crippen LogP contribution >= 0.6 is 0 Å². The SMILES string of the molecule is CCO[Si](CCCN)(OCC)OC(C)C(N)=O. The summed E-state index contributed by atoms with van der Waals surface area (Å²) in [4.78, 5) is 11.0. The van der Waals surface area contributed by atoms with Crippen LogP contribution < -0.4 is 11.5 Å². The summed E-state index contributed by atoms with van der Waals surface area (Å²) < 4.78 is 16.9. The molecule has 0 radical (unpaired) electrons. The van der Waals surface area contributed by atoms with Gasteiger partial charge in [0, 0.05) is 19.3 Å². The molecule has 0 aliphatic carbocycles. The Kier molecular flexibility index (Phi) is 8.35. The Morgan fingerprint density at radius 2 is 1.82 bits per heavy atom. The van der Waals surface area contributed by atoms with Crippen LogP contribution in [0.3, 0.4) is 0 Å². The van der Waals surface area contributed by atoms with E-state index in [0.717, 1.165) is 6.42 Å². The lowest BCUT2D eigenvalue weighted by molar-refractivity contribution is -0.126. The molecule has 1 amide bonds. The molecule has 0 aromatic carbocycles. The van der Waals surface area contributed by atoms with Gasteiger partial charge >= 0.3 is 8.80 Å². The van der Waals surface area contributed by atoms with Crippen molar-refractivity contribution in [3.05, 3.63) is 0 Å². The maximum absolute atomic E-state index is 11.0. The Labute approximate surface area is 104 Å². The van der Waals surface area contributed by atoms with E-state index >= 15 is 0 Å². The number of carbonyl (C=O) groups is 1. The molecule has 7 heteroatoms. The van der Waals surface area contributed by atoms with Crippen LogP contribution in [0.2, 0.25) is 6.04 Å². The summed E-state index contributed by atoms with van der Waals surface area (Å²) in [6.07, 6.45) is 0.0232. The van der Waals surface area contributed by atoms with Crippen molar-refractivity contribution in [2.45, 2.75) is 39.3 Å². The Morgan fingerprint density at radius 1 is 1.29 bits per heavy atom. The van der Waals surface area contributed by atoms with Crippen molar-refractivity contribution in [2.24, 2.45) is 11.5 Å². The number of hydrogen-bond donors (Lipinski definition) is 2. The largest absolute Gasteiger partial charge is 0.501 e. The van der Waals surface area contributed by atoms with Crippen molar-refractivity contribution in [3.63, 3.8) is 0 Å². The highest BCUT2D eigenvalue weighted by atomic mass is 28.4. The van der Waals surface area contributed by atoms with Crippen molar-refractivity contribution in [1.29, 1.82) is 0 Å². The third-order valence-corrected chi connectivity index (χ3v) is 5.31. The minimum absolute atomic E-state index is 0.474. The molecule has 0 aliphatic heterocycles. The van der Waals surface area contributed by atoms with Gasteiger partial charge in [0.25, 0.3) is 0 Å². The van der Waals surface area contributed by atoms with Gasteiger partial charge in [-0.25, -0.2) is 0 Å². The third-order valence-electron chi connectivity index (χ3n) is 2.17. The van der Waals surface area contributed by atoms with Gasteiger partial charge < -0.3 is 24.7 Å². The van der Waals surface area contributed by atoms with Crippen LogP contribution in [-0.4, -0.2) is 40.6 Å². The highest BCUT2D eigenvalue weighted by Gasteiger charge is 2.42. The topological polar surface area (TPSA) is 96.8 Å². The highest BCUT2D eigenvalue weighted by Crippen LogP contribution is 2.19. The second-order valence-electron chi connectivity index (χ2n) is 3.60. The van der Waals surface area contributed by atoms with Gasteiger partial charge in [-0.2, -0.15) is 0 Å². The van der Waals surface area contributed by atoms with Crippen LogP contribution in [0.1, 0.15) is 27.2 Å². The number of nitrogens with two attached hydrogens (primary N) is 2. The van der Waals surface area contributed by atoms with E-state index in [2.05, 4.69) is 0 Å². The standard InChI is InChI=1S/C10H24N2O4Si/c1-4-14-17(15-5-2,8-6-7-11)16-9(3)10(12)13/h9H,4-8,11H2,1-3H3,(H2,12,13). The Hall–Kier alpha value is -0.473. The number of carbonyl (C=O) groups excluding carboxylic acids is 1. The average Bonchev–Trinajstić information content (AvgIpc) is 2.27. The van der Waals surface area contributed by atoms with Gasteiger partial charge in [0.2, 0.25) is 5.91 Å². The summed E-state index contributed by atoms with van der Waals surface area (Å²) in [6.45, 7) is 6.81. The molecule has 0 saturated carbocycles. The van der Waals surface area contributed by atoms with Crippen LogP contribution in [0.15, 0.2) is 0 Å². The van der Waals surface area contributed by atoms with Crippen molar-refractivity contribution >= 4 is 14.7 Å². The molecular weight excluding hydrogens is 240 g/mol. The van der Waals surface area contributed by atoms with Crippen molar-refractivity contribution < 1.29 is 18.1 Å². The van der Waals surface area contributed by atoms with E-state index in [1.54, 1.807) is 6.92 Å². The molecule has 0 fully saturated rings. The molecule has 0 saturated heterocycles. The summed E-state index contributed by atoms with van der Waals surface area (Å²) in [5.41, 5.74) is 10.7. The quantitative estimate of drug-likeness (QED) is 0.551. The van der Waals surface area contributed by atoms with E-state index in [1.807, 2.05) is 13.8 Å². The lowest BCUT2D eigenvalue weighted by Crippen LogP contribution is -2.50. The van der Waals surface area contributed by atoms with E-state index < -0.39 is 20.8 Å². The monoisotopic (exact) mass is 264 g/mol. The van der Waals surface area contributed by atoms with Crippen LogP contribution in [0.4, 0.5) is 0 Å². The highest BCUT2D eigenvalue weighted by molar-refractivity contribution is 6.60. The van der Waals surface area contributed by atoms with Crippen LogP contribution in [0, 0.1) is 0 Å². The van der Waals surface area contributed by atoms with Crippen LogP contribution in [-0.2, 0) is 18.1 Å².